The highest BCUT2D eigenvalue weighted by atomic mass is 16.6. The van der Waals surface area contributed by atoms with E-state index in [-0.39, 0.29) is 11.8 Å². The zero-order chi connectivity index (χ0) is 20.2. The third-order valence-electron chi connectivity index (χ3n) is 5.31. The summed E-state index contributed by atoms with van der Waals surface area (Å²) in [4.78, 5) is 10.5. The number of nitrogens with zero attached hydrogens (tertiary/aromatic N) is 2. The summed E-state index contributed by atoms with van der Waals surface area (Å²) in [6, 6.07) is 12.5. The molecule has 0 amide bonds. The lowest BCUT2D eigenvalue weighted by molar-refractivity contribution is -0.384. The van der Waals surface area contributed by atoms with E-state index in [0.29, 0.717) is 6.42 Å². The van der Waals surface area contributed by atoms with E-state index in [9.17, 15) is 10.1 Å². The molecule has 0 saturated heterocycles. The molecule has 0 radical (unpaired) electrons. The van der Waals surface area contributed by atoms with Gasteiger partial charge in [-0.1, -0.05) is 12.1 Å². The first kappa shape index (κ1) is 19.0. The summed E-state index contributed by atoms with van der Waals surface area (Å²) >= 11 is 0. The van der Waals surface area contributed by atoms with Crippen LogP contribution in [0.5, 0.6) is 11.5 Å². The van der Waals surface area contributed by atoms with E-state index < -0.39 is 4.92 Å². The van der Waals surface area contributed by atoms with Gasteiger partial charge in [-0.2, -0.15) is 5.10 Å². The number of rotatable bonds is 7. The maximum Gasteiger partial charge on any atom is 0.269 e. The molecule has 4 rings (SSSR count). The van der Waals surface area contributed by atoms with Crippen LogP contribution in [0.25, 0.3) is 11.3 Å². The first-order chi connectivity index (χ1) is 14.1. The van der Waals surface area contributed by atoms with E-state index in [2.05, 4.69) is 10.2 Å². The first-order valence-electron chi connectivity index (χ1n) is 9.74. The first-order valence-corrected chi connectivity index (χ1v) is 9.74. The number of ether oxygens (including phenoxy) is 2. The highest BCUT2D eigenvalue weighted by Crippen LogP contribution is 2.36. The molecular weight excluding hydrogens is 370 g/mol. The van der Waals surface area contributed by atoms with Crippen molar-refractivity contribution in [2.45, 2.75) is 38.2 Å². The molecule has 3 aromatic rings. The molecule has 1 aromatic heterocycles. The maximum absolute atomic E-state index is 10.8. The van der Waals surface area contributed by atoms with Gasteiger partial charge in [0.15, 0.2) is 11.5 Å². The highest BCUT2D eigenvalue weighted by molar-refractivity contribution is 5.67. The van der Waals surface area contributed by atoms with Crippen molar-refractivity contribution < 1.29 is 14.4 Å². The Hall–Kier alpha value is -3.35. The molecular formula is C22H23N3O4. The van der Waals surface area contributed by atoms with Gasteiger partial charge < -0.3 is 9.47 Å². The summed E-state index contributed by atoms with van der Waals surface area (Å²) in [6.45, 7) is 0. The number of nitro groups is 1. The van der Waals surface area contributed by atoms with Gasteiger partial charge in [-0.05, 0) is 49.4 Å². The molecule has 0 atom stereocenters. The molecule has 1 N–H and O–H groups in total. The molecule has 7 heteroatoms. The van der Waals surface area contributed by atoms with E-state index >= 15 is 0 Å². The molecule has 7 nitrogen and oxygen atoms in total. The Bertz CT molecular complexity index is 992. The van der Waals surface area contributed by atoms with E-state index in [4.69, 9.17) is 9.47 Å². The second-order valence-electron chi connectivity index (χ2n) is 7.26. The molecule has 1 fully saturated rings. The Labute approximate surface area is 168 Å². The molecule has 150 valence electrons. The topological polar surface area (TPSA) is 90.3 Å². The van der Waals surface area contributed by atoms with Gasteiger partial charge in [-0.3, -0.25) is 15.2 Å². The molecule has 0 spiro atoms. The van der Waals surface area contributed by atoms with Gasteiger partial charge >= 0.3 is 0 Å². The van der Waals surface area contributed by atoms with Gasteiger partial charge in [0.25, 0.3) is 5.69 Å². The molecule has 2 aromatic carbocycles. The van der Waals surface area contributed by atoms with E-state index in [1.54, 1.807) is 25.4 Å². The molecule has 0 aliphatic heterocycles. The van der Waals surface area contributed by atoms with Crippen LogP contribution in [0, 0.1) is 10.1 Å². The second kappa shape index (κ2) is 8.34. The lowest BCUT2D eigenvalue weighted by Gasteiger charge is -2.17. The number of aromatic nitrogens is 2. The van der Waals surface area contributed by atoms with Crippen LogP contribution < -0.4 is 9.47 Å². The number of H-pyrrole nitrogens is 1. The number of non-ortho nitro benzene ring substituents is 1. The van der Waals surface area contributed by atoms with Gasteiger partial charge in [0.05, 0.1) is 30.0 Å². The third-order valence-corrected chi connectivity index (χ3v) is 5.31. The van der Waals surface area contributed by atoms with Crippen molar-refractivity contribution in [1.82, 2.24) is 10.2 Å². The molecule has 1 saturated carbocycles. The Kier molecular flexibility index (Phi) is 5.46. The smallest absolute Gasteiger partial charge is 0.269 e. The number of methoxy groups -OCH3 is 1. The minimum Gasteiger partial charge on any atom is -0.493 e. The number of aromatic amines is 1. The quantitative estimate of drug-likeness (QED) is 0.455. The van der Waals surface area contributed by atoms with Crippen LogP contribution >= 0.6 is 0 Å². The number of nitro benzene ring substituents is 1. The van der Waals surface area contributed by atoms with Gasteiger partial charge in [0.2, 0.25) is 0 Å². The van der Waals surface area contributed by atoms with Crippen molar-refractivity contribution >= 4 is 5.69 Å². The fourth-order valence-electron chi connectivity index (χ4n) is 3.76. The van der Waals surface area contributed by atoms with Gasteiger partial charge in [0, 0.05) is 29.7 Å². The fourth-order valence-corrected chi connectivity index (χ4v) is 3.76. The Balaban J connectivity index is 1.59. The summed E-state index contributed by atoms with van der Waals surface area (Å²) in [6.07, 6.45) is 7.19. The molecule has 1 aliphatic rings. The maximum atomic E-state index is 10.8. The summed E-state index contributed by atoms with van der Waals surface area (Å²) in [5.41, 5.74) is 3.95. The van der Waals surface area contributed by atoms with Crippen LogP contribution in [0.2, 0.25) is 0 Å². The zero-order valence-electron chi connectivity index (χ0n) is 16.3. The van der Waals surface area contributed by atoms with Crippen LogP contribution in [-0.4, -0.2) is 28.3 Å². The highest BCUT2D eigenvalue weighted by Gasteiger charge is 2.19. The lowest BCUT2D eigenvalue weighted by Crippen LogP contribution is -2.11. The fraction of sp³-hybridized carbons (Fsp3) is 0.318. The Morgan fingerprint density at radius 1 is 1.14 bits per heavy atom. The average Bonchev–Trinajstić information content (AvgIpc) is 3.40. The average molecular weight is 393 g/mol. The minimum atomic E-state index is -0.393. The normalized spacial score (nSPS) is 14.1. The van der Waals surface area contributed by atoms with Crippen LogP contribution in [-0.2, 0) is 6.42 Å². The lowest BCUT2D eigenvalue weighted by atomic mass is 10.0. The van der Waals surface area contributed by atoms with E-state index in [0.717, 1.165) is 46.7 Å². The van der Waals surface area contributed by atoms with E-state index in [1.165, 1.54) is 25.0 Å². The van der Waals surface area contributed by atoms with Crippen molar-refractivity contribution in [3.8, 4) is 22.8 Å². The molecule has 1 aliphatic carbocycles. The van der Waals surface area contributed by atoms with Crippen LogP contribution in [0.15, 0.2) is 48.7 Å². The summed E-state index contributed by atoms with van der Waals surface area (Å²) < 4.78 is 11.7. The number of benzene rings is 2. The molecule has 0 unspecified atom stereocenters. The van der Waals surface area contributed by atoms with Crippen LogP contribution in [0.4, 0.5) is 5.69 Å². The number of nitrogens with one attached hydrogen (secondary N) is 1. The van der Waals surface area contributed by atoms with Gasteiger partial charge in [-0.25, -0.2) is 0 Å². The molecule has 29 heavy (non-hydrogen) atoms. The van der Waals surface area contributed by atoms with E-state index in [1.807, 2.05) is 18.2 Å². The van der Waals surface area contributed by atoms with Crippen molar-refractivity contribution in [3.05, 3.63) is 69.9 Å². The van der Waals surface area contributed by atoms with Crippen molar-refractivity contribution in [3.63, 3.8) is 0 Å². The third kappa shape index (κ3) is 4.23. The predicted octanol–water partition coefficient (Wildman–Crippen LogP) is 4.91. The van der Waals surface area contributed by atoms with Gasteiger partial charge in [-0.15, -0.1) is 0 Å². The monoisotopic (exact) mass is 393 g/mol. The zero-order valence-corrected chi connectivity index (χ0v) is 16.3. The van der Waals surface area contributed by atoms with Crippen molar-refractivity contribution in [1.29, 1.82) is 0 Å². The van der Waals surface area contributed by atoms with Crippen LogP contribution in [0.1, 0.15) is 36.8 Å². The van der Waals surface area contributed by atoms with Gasteiger partial charge in [0.1, 0.15) is 0 Å². The minimum absolute atomic E-state index is 0.0880. The van der Waals surface area contributed by atoms with Crippen molar-refractivity contribution in [2.24, 2.45) is 0 Å². The SMILES string of the molecule is COc1ccc(-c2[nH]ncc2Cc2ccc([N+](=O)[O-])cc2)cc1OC1CCCC1. The largest absolute Gasteiger partial charge is 0.493 e. The predicted molar refractivity (Wildman–Crippen MR) is 109 cm³/mol. The van der Waals surface area contributed by atoms with Crippen molar-refractivity contribution in [2.75, 3.05) is 7.11 Å². The summed E-state index contributed by atoms with van der Waals surface area (Å²) in [5, 5.41) is 18.1. The molecule has 1 heterocycles. The number of hydrogen-bond donors (Lipinski definition) is 1. The summed E-state index contributed by atoms with van der Waals surface area (Å²) in [7, 11) is 1.65. The summed E-state index contributed by atoms with van der Waals surface area (Å²) in [5.74, 6) is 1.46. The Morgan fingerprint density at radius 3 is 2.59 bits per heavy atom. The number of hydrogen-bond acceptors (Lipinski definition) is 5. The molecule has 0 bridgehead atoms. The Morgan fingerprint density at radius 2 is 1.90 bits per heavy atom. The standard InChI is InChI=1S/C22H23N3O4/c1-28-20-11-8-16(13-21(20)29-19-4-2-3-5-19)22-17(14-23-24-22)12-15-6-9-18(10-7-15)25(26)27/h6-11,13-14,19H,2-5,12H2,1H3,(H,23,24). The second-order valence-corrected chi connectivity index (χ2v) is 7.26. The van der Waals surface area contributed by atoms with Crippen LogP contribution in [0.3, 0.4) is 0 Å².